The molecule has 0 aliphatic carbocycles. The number of para-hydroxylation sites is 1. The number of halogens is 2. The lowest BCUT2D eigenvalue weighted by Gasteiger charge is -2.18. The van der Waals surface area contributed by atoms with E-state index in [1.165, 1.54) is 18.2 Å². The van der Waals surface area contributed by atoms with E-state index in [1.54, 1.807) is 17.6 Å². The van der Waals surface area contributed by atoms with Crippen LogP contribution in [0.1, 0.15) is 61.3 Å². The van der Waals surface area contributed by atoms with Gasteiger partial charge in [-0.25, -0.2) is 13.6 Å². The fourth-order valence-electron chi connectivity index (χ4n) is 4.19. The standard InChI is InChI=1S/C25H28F2N4O3/c1-4-8-16(3)34-21-14-20(31-25(33)30-12-6-5-11-22(30)29-31)19(27)13-17(21)24(32)28-23-15(2)9-7-10-18(23)26/h7,9-10,13-14,16H,4-6,8,11-12H2,1-3H3,(H,28,32)/t16-/m0/s1. The number of carbonyl (C=O) groups is 1. The number of hydrogen-bond acceptors (Lipinski definition) is 4. The molecule has 0 radical (unpaired) electrons. The molecule has 1 aliphatic rings. The Morgan fingerprint density at radius 1 is 1.24 bits per heavy atom. The van der Waals surface area contributed by atoms with E-state index in [2.05, 4.69) is 10.4 Å². The first-order valence-electron chi connectivity index (χ1n) is 11.6. The van der Waals surface area contributed by atoms with Gasteiger partial charge in [0.05, 0.1) is 17.4 Å². The van der Waals surface area contributed by atoms with Crippen LogP contribution in [0.4, 0.5) is 14.5 Å². The fourth-order valence-corrected chi connectivity index (χ4v) is 4.19. The molecule has 0 fully saturated rings. The normalized spacial score (nSPS) is 13.9. The number of anilines is 1. The second-order valence-corrected chi connectivity index (χ2v) is 8.62. The quantitative estimate of drug-likeness (QED) is 0.539. The Bertz CT molecular complexity index is 1260. The Morgan fingerprint density at radius 3 is 2.74 bits per heavy atom. The van der Waals surface area contributed by atoms with Crippen LogP contribution in [0.5, 0.6) is 5.75 Å². The molecule has 3 aromatic rings. The zero-order chi connectivity index (χ0) is 24.4. The van der Waals surface area contributed by atoms with E-state index in [4.69, 9.17) is 4.74 Å². The molecule has 0 unspecified atom stereocenters. The number of hydrogen-bond donors (Lipinski definition) is 1. The van der Waals surface area contributed by atoms with Crippen molar-refractivity contribution >= 4 is 11.6 Å². The van der Waals surface area contributed by atoms with Gasteiger partial charge in [-0.2, -0.15) is 4.68 Å². The van der Waals surface area contributed by atoms with Gasteiger partial charge in [-0.1, -0.05) is 25.5 Å². The Labute approximate surface area is 196 Å². The first-order valence-corrected chi connectivity index (χ1v) is 11.6. The predicted octanol–water partition coefficient (Wildman–Crippen LogP) is 4.78. The highest BCUT2D eigenvalue weighted by atomic mass is 19.1. The van der Waals surface area contributed by atoms with E-state index >= 15 is 4.39 Å². The van der Waals surface area contributed by atoms with Crippen molar-refractivity contribution in [2.45, 2.75) is 65.5 Å². The van der Waals surface area contributed by atoms with Crippen LogP contribution in [0, 0.1) is 18.6 Å². The van der Waals surface area contributed by atoms with Crippen LogP contribution in [0.25, 0.3) is 5.69 Å². The topological polar surface area (TPSA) is 78.2 Å². The molecule has 4 rings (SSSR count). The molecule has 0 saturated heterocycles. The highest BCUT2D eigenvalue weighted by Crippen LogP contribution is 2.29. The van der Waals surface area contributed by atoms with E-state index in [-0.39, 0.29) is 28.8 Å². The van der Waals surface area contributed by atoms with Crippen molar-refractivity contribution in [1.29, 1.82) is 0 Å². The maximum atomic E-state index is 15.3. The number of nitrogens with zero attached hydrogens (tertiary/aromatic N) is 3. The van der Waals surface area contributed by atoms with Crippen LogP contribution in [0.15, 0.2) is 35.1 Å². The first kappa shape index (κ1) is 23.7. The average Bonchev–Trinajstić information content (AvgIpc) is 3.14. The van der Waals surface area contributed by atoms with Gasteiger partial charge in [-0.15, -0.1) is 5.10 Å². The number of carbonyl (C=O) groups excluding carboxylic acids is 1. The van der Waals surface area contributed by atoms with Gasteiger partial charge >= 0.3 is 5.69 Å². The van der Waals surface area contributed by atoms with Crippen LogP contribution >= 0.6 is 0 Å². The summed E-state index contributed by atoms with van der Waals surface area (Å²) in [5.74, 6) is -1.41. The number of nitrogens with one attached hydrogen (secondary N) is 1. The average molecular weight is 471 g/mol. The van der Waals surface area contributed by atoms with Gasteiger partial charge in [0.15, 0.2) is 0 Å². The molecule has 1 N–H and O–H groups in total. The van der Waals surface area contributed by atoms with E-state index in [0.29, 0.717) is 30.8 Å². The molecule has 180 valence electrons. The molecule has 1 aliphatic heterocycles. The monoisotopic (exact) mass is 470 g/mol. The minimum absolute atomic E-state index is 0.0162. The largest absolute Gasteiger partial charge is 0.490 e. The molecule has 0 spiro atoms. The molecule has 1 aromatic heterocycles. The van der Waals surface area contributed by atoms with Crippen molar-refractivity contribution in [3.05, 3.63) is 69.4 Å². The lowest BCUT2D eigenvalue weighted by molar-refractivity contribution is 0.101. The van der Waals surface area contributed by atoms with E-state index in [1.807, 2.05) is 13.8 Å². The lowest BCUT2D eigenvalue weighted by atomic mass is 10.1. The van der Waals surface area contributed by atoms with Gasteiger partial charge in [-0.05, 0) is 50.8 Å². The number of fused-ring (bicyclic) bond motifs is 1. The minimum atomic E-state index is -0.802. The summed E-state index contributed by atoms with van der Waals surface area (Å²) in [6.07, 6.45) is 3.70. The Balaban J connectivity index is 1.78. The maximum Gasteiger partial charge on any atom is 0.350 e. The third-order valence-electron chi connectivity index (χ3n) is 5.98. The van der Waals surface area contributed by atoms with Gasteiger partial charge in [0.2, 0.25) is 0 Å². The van der Waals surface area contributed by atoms with Crippen molar-refractivity contribution in [2.24, 2.45) is 0 Å². The lowest BCUT2D eigenvalue weighted by Crippen LogP contribution is -2.27. The molecule has 0 bridgehead atoms. The number of amides is 1. The number of benzene rings is 2. The summed E-state index contributed by atoms with van der Waals surface area (Å²) >= 11 is 0. The molecule has 34 heavy (non-hydrogen) atoms. The van der Waals surface area contributed by atoms with Crippen LogP contribution in [0.3, 0.4) is 0 Å². The van der Waals surface area contributed by atoms with E-state index in [0.717, 1.165) is 30.0 Å². The molecule has 2 aromatic carbocycles. The Morgan fingerprint density at radius 2 is 2.03 bits per heavy atom. The summed E-state index contributed by atoms with van der Waals surface area (Å²) in [6, 6.07) is 6.78. The van der Waals surface area contributed by atoms with E-state index in [9.17, 15) is 14.0 Å². The second kappa shape index (κ2) is 9.79. The van der Waals surface area contributed by atoms with Crippen LogP contribution in [0.2, 0.25) is 0 Å². The van der Waals surface area contributed by atoms with Crippen molar-refractivity contribution < 1.29 is 18.3 Å². The molecule has 1 atom stereocenters. The van der Waals surface area contributed by atoms with Crippen molar-refractivity contribution in [2.75, 3.05) is 5.32 Å². The predicted molar refractivity (Wildman–Crippen MR) is 125 cm³/mol. The maximum absolute atomic E-state index is 15.3. The molecule has 0 saturated carbocycles. The molecule has 1 amide bonds. The third kappa shape index (κ3) is 4.60. The van der Waals surface area contributed by atoms with Gasteiger partial charge in [0.1, 0.15) is 28.9 Å². The number of rotatable bonds is 7. The van der Waals surface area contributed by atoms with Crippen molar-refractivity contribution in [3.63, 3.8) is 0 Å². The SMILES string of the molecule is CCC[C@H](C)Oc1cc(-n2nc3n(c2=O)CCCC3)c(F)cc1C(=O)Nc1c(C)cccc1F. The summed E-state index contributed by atoms with van der Waals surface area (Å²) in [7, 11) is 0. The summed E-state index contributed by atoms with van der Waals surface area (Å²) < 4.78 is 38.1. The summed E-state index contributed by atoms with van der Waals surface area (Å²) in [4.78, 5) is 26.0. The minimum Gasteiger partial charge on any atom is -0.490 e. The third-order valence-corrected chi connectivity index (χ3v) is 5.98. The summed E-state index contributed by atoms with van der Waals surface area (Å²) in [5.41, 5.74) is -0.0709. The van der Waals surface area contributed by atoms with Gasteiger partial charge < -0.3 is 10.1 Å². The second-order valence-electron chi connectivity index (χ2n) is 8.62. The first-order chi connectivity index (χ1) is 16.3. The number of aryl methyl sites for hydroxylation is 2. The molecule has 9 heteroatoms. The number of aromatic nitrogens is 3. The molecular weight excluding hydrogens is 442 g/mol. The van der Waals surface area contributed by atoms with Crippen molar-refractivity contribution in [1.82, 2.24) is 14.3 Å². The van der Waals surface area contributed by atoms with Crippen LogP contribution < -0.4 is 15.7 Å². The Kier molecular flexibility index (Phi) is 6.81. The zero-order valence-corrected chi connectivity index (χ0v) is 19.5. The highest BCUT2D eigenvalue weighted by molar-refractivity contribution is 6.06. The van der Waals surface area contributed by atoms with Crippen molar-refractivity contribution in [3.8, 4) is 11.4 Å². The van der Waals surface area contributed by atoms with E-state index < -0.39 is 23.2 Å². The smallest absolute Gasteiger partial charge is 0.350 e. The number of ether oxygens (including phenoxy) is 1. The zero-order valence-electron chi connectivity index (χ0n) is 19.5. The molecule has 2 heterocycles. The summed E-state index contributed by atoms with van der Waals surface area (Å²) in [6.45, 7) is 6.04. The Hall–Kier alpha value is -3.49. The van der Waals surface area contributed by atoms with Crippen LogP contribution in [-0.4, -0.2) is 26.4 Å². The fraction of sp³-hybridized carbons (Fsp3) is 0.400. The molecule has 7 nitrogen and oxygen atoms in total. The summed E-state index contributed by atoms with van der Waals surface area (Å²) in [5, 5.41) is 6.85. The highest BCUT2D eigenvalue weighted by Gasteiger charge is 2.24. The van der Waals surface area contributed by atoms with Gasteiger partial charge in [0.25, 0.3) is 5.91 Å². The van der Waals surface area contributed by atoms with Crippen LogP contribution in [-0.2, 0) is 13.0 Å². The van der Waals surface area contributed by atoms with Gasteiger partial charge in [0, 0.05) is 19.0 Å². The molecular formula is C25H28F2N4O3. The van der Waals surface area contributed by atoms with Gasteiger partial charge in [-0.3, -0.25) is 9.36 Å².